The van der Waals surface area contributed by atoms with Gasteiger partial charge in [-0.1, -0.05) is 12.1 Å². The maximum Gasteiger partial charge on any atom is 0.350 e. The van der Waals surface area contributed by atoms with Crippen LogP contribution in [0.3, 0.4) is 0 Å². The Labute approximate surface area is 103 Å². The van der Waals surface area contributed by atoms with Gasteiger partial charge >= 0.3 is 5.97 Å². The molecule has 0 bridgehead atoms. The SMILES string of the molecule is CCOC(=O)[C@]1(C)Cc2cccc(Br)c2O1. The normalized spacial score (nSPS) is 22.4. The van der Waals surface area contributed by atoms with Crippen LogP contribution >= 0.6 is 15.9 Å². The van der Waals surface area contributed by atoms with Crippen LogP contribution in [0, 0.1) is 0 Å². The Kier molecular flexibility index (Phi) is 2.93. The molecule has 0 amide bonds. The molecule has 0 fully saturated rings. The van der Waals surface area contributed by atoms with E-state index in [0.717, 1.165) is 15.8 Å². The molecule has 0 N–H and O–H groups in total. The zero-order valence-corrected chi connectivity index (χ0v) is 10.8. The van der Waals surface area contributed by atoms with Gasteiger partial charge in [0.2, 0.25) is 5.60 Å². The summed E-state index contributed by atoms with van der Waals surface area (Å²) in [5.74, 6) is 0.441. The molecule has 0 aliphatic carbocycles. The molecule has 0 spiro atoms. The van der Waals surface area contributed by atoms with E-state index >= 15 is 0 Å². The summed E-state index contributed by atoms with van der Waals surface area (Å²) in [6.07, 6.45) is 0.556. The summed E-state index contributed by atoms with van der Waals surface area (Å²) < 4.78 is 11.6. The lowest BCUT2D eigenvalue weighted by Crippen LogP contribution is -2.41. The highest BCUT2D eigenvalue weighted by Gasteiger charge is 2.43. The lowest BCUT2D eigenvalue weighted by Gasteiger charge is -2.21. The van der Waals surface area contributed by atoms with Crippen molar-refractivity contribution in [3.63, 3.8) is 0 Å². The zero-order chi connectivity index (χ0) is 11.8. The maximum atomic E-state index is 11.8. The fourth-order valence-corrected chi connectivity index (χ4v) is 2.32. The van der Waals surface area contributed by atoms with Crippen LogP contribution in [0.25, 0.3) is 0 Å². The summed E-state index contributed by atoms with van der Waals surface area (Å²) in [5, 5.41) is 0. The van der Waals surface area contributed by atoms with Crippen LogP contribution in [0.1, 0.15) is 19.4 Å². The fraction of sp³-hybridized carbons (Fsp3) is 0.417. The largest absolute Gasteiger partial charge is 0.474 e. The van der Waals surface area contributed by atoms with Gasteiger partial charge in [0.15, 0.2) is 0 Å². The molecule has 0 aromatic heterocycles. The van der Waals surface area contributed by atoms with Crippen LogP contribution in [-0.4, -0.2) is 18.2 Å². The molecule has 1 heterocycles. The van der Waals surface area contributed by atoms with Gasteiger partial charge in [0.25, 0.3) is 0 Å². The van der Waals surface area contributed by atoms with Crippen molar-refractivity contribution in [3.05, 3.63) is 28.2 Å². The number of halogens is 1. The maximum absolute atomic E-state index is 11.8. The Bertz CT molecular complexity index is 430. The number of benzene rings is 1. The molecule has 1 aromatic rings. The van der Waals surface area contributed by atoms with Crippen molar-refractivity contribution >= 4 is 21.9 Å². The molecule has 1 aliphatic rings. The quantitative estimate of drug-likeness (QED) is 0.784. The summed E-state index contributed by atoms with van der Waals surface area (Å²) in [4.78, 5) is 11.8. The summed E-state index contributed by atoms with van der Waals surface area (Å²) in [6, 6.07) is 5.80. The van der Waals surface area contributed by atoms with Crippen LogP contribution in [0.15, 0.2) is 22.7 Å². The van der Waals surface area contributed by atoms with Gasteiger partial charge < -0.3 is 9.47 Å². The van der Waals surface area contributed by atoms with E-state index in [1.54, 1.807) is 13.8 Å². The van der Waals surface area contributed by atoms with Crippen molar-refractivity contribution in [3.8, 4) is 5.75 Å². The minimum absolute atomic E-state index is 0.307. The number of rotatable bonds is 2. The lowest BCUT2D eigenvalue weighted by atomic mass is 10.00. The van der Waals surface area contributed by atoms with E-state index in [4.69, 9.17) is 9.47 Å². The number of ether oxygens (including phenoxy) is 2. The third-order valence-corrected chi connectivity index (χ3v) is 3.24. The molecule has 3 nitrogen and oxygen atoms in total. The smallest absolute Gasteiger partial charge is 0.350 e. The van der Waals surface area contributed by atoms with Crippen molar-refractivity contribution in [2.45, 2.75) is 25.9 Å². The van der Waals surface area contributed by atoms with E-state index in [9.17, 15) is 4.79 Å². The van der Waals surface area contributed by atoms with Gasteiger partial charge in [-0.2, -0.15) is 0 Å². The van der Waals surface area contributed by atoms with Crippen molar-refractivity contribution in [1.29, 1.82) is 0 Å². The second-order valence-corrected chi connectivity index (χ2v) is 4.81. The van der Waals surface area contributed by atoms with E-state index in [-0.39, 0.29) is 5.97 Å². The van der Waals surface area contributed by atoms with E-state index in [1.165, 1.54) is 0 Å². The van der Waals surface area contributed by atoms with Crippen LogP contribution < -0.4 is 4.74 Å². The predicted octanol–water partition coefficient (Wildman–Crippen LogP) is 2.71. The lowest BCUT2D eigenvalue weighted by molar-refractivity contribution is -0.158. The monoisotopic (exact) mass is 284 g/mol. The number of carbonyl (C=O) groups excluding carboxylic acids is 1. The Morgan fingerprint density at radius 3 is 3.00 bits per heavy atom. The van der Waals surface area contributed by atoms with Gasteiger partial charge in [0.05, 0.1) is 11.1 Å². The van der Waals surface area contributed by atoms with Gasteiger partial charge in [0.1, 0.15) is 5.75 Å². The molecule has 0 saturated heterocycles. The number of hydrogen-bond acceptors (Lipinski definition) is 3. The van der Waals surface area contributed by atoms with E-state index in [0.29, 0.717) is 13.0 Å². The summed E-state index contributed by atoms with van der Waals surface area (Å²) in [5.41, 5.74) is 0.146. The van der Waals surface area contributed by atoms with Crippen molar-refractivity contribution < 1.29 is 14.3 Å². The summed E-state index contributed by atoms with van der Waals surface area (Å²) in [7, 11) is 0. The third kappa shape index (κ3) is 1.82. The molecule has 16 heavy (non-hydrogen) atoms. The number of para-hydroxylation sites is 1. The molecule has 2 rings (SSSR count). The fourth-order valence-electron chi connectivity index (χ4n) is 1.83. The first-order valence-corrected chi connectivity index (χ1v) is 6.00. The summed E-state index contributed by atoms with van der Waals surface area (Å²) >= 11 is 3.41. The summed E-state index contributed by atoms with van der Waals surface area (Å²) in [6.45, 7) is 3.92. The first kappa shape index (κ1) is 11.5. The van der Waals surface area contributed by atoms with E-state index in [1.807, 2.05) is 18.2 Å². The van der Waals surface area contributed by atoms with Gasteiger partial charge in [-0.25, -0.2) is 4.79 Å². The Hall–Kier alpha value is -1.03. The average Bonchev–Trinajstić information content (AvgIpc) is 2.58. The molecule has 1 atom stereocenters. The highest BCUT2D eigenvalue weighted by Crippen LogP contribution is 2.40. The molecule has 0 unspecified atom stereocenters. The minimum Gasteiger partial charge on any atom is -0.474 e. The van der Waals surface area contributed by atoms with Crippen LogP contribution in [0.4, 0.5) is 0 Å². The number of hydrogen-bond donors (Lipinski definition) is 0. The second-order valence-electron chi connectivity index (χ2n) is 3.96. The van der Waals surface area contributed by atoms with Crippen LogP contribution in [0.2, 0.25) is 0 Å². The van der Waals surface area contributed by atoms with Gasteiger partial charge in [-0.3, -0.25) is 0 Å². The van der Waals surface area contributed by atoms with Gasteiger partial charge in [-0.15, -0.1) is 0 Å². The highest BCUT2D eigenvalue weighted by atomic mass is 79.9. The minimum atomic E-state index is -0.887. The first-order valence-electron chi connectivity index (χ1n) is 5.20. The first-order chi connectivity index (χ1) is 7.57. The molecule has 0 saturated carbocycles. The van der Waals surface area contributed by atoms with Crippen LogP contribution in [-0.2, 0) is 16.0 Å². The van der Waals surface area contributed by atoms with Crippen LogP contribution in [0.5, 0.6) is 5.75 Å². The molecule has 4 heteroatoms. The second kappa shape index (κ2) is 4.09. The number of fused-ring (bicyclic) bond motifs is 1. The molecular weight excluding hydrogens is 272 g/mol. The van der Waals surface area contributed by atoms with Gasteiger partial charge in [-0.05, 0) is 41.4 Å². The Morgan fingerprint density at radius 2 is 2.38 bits per heavy atom. The molecule has 0 radical (unpaired) electrons. The van der Waals surface area contributed by atoms with Gasteiger partial charge in [0, 0.05) is 6.42 Å². The zero-order valence-electron chi connectivity index (χ0n) is 9.25. The standard InChI is InChI=1S/C12H13BrO3/c1-3-15-11(14)12(2)7-8-5-4-6-9(13)10(8)16-12/h4-6H,3,7H2,1-2H3/t12-/m0/s1. The predicted molar refractivity (Wildman–Crippen MR) is 63.5 cm³/mol. The molecular formula is C12H13BrO3. The third-order valence-electron chi connectivity index (χ3n) is 2.61. The van der Waals surface area contributed by atoms with E-state index in [2.05, 4.69) is 15.9 Å². The van der Waals surface area contributed by atoms with E-state index < -0.39 is 5.60 Å². The van der Waals surface area contributed by atoms with Crippen molar-refractivity contribution in [2.75, 3.05) is 6.61 Å². The number of esters is 1. The Balaban J connectivity index is 2.27. The molecule has 86 valence electrons. The highest BCUT2D eigenvalue weighted by molar-refractivity contribution is 9.10. The van der Waals surface area contributed by atoms with Crippen molar-refractivity contribution in [1.82, 2.24) is 0 Å². The average molecular weight is 285 g/mol. The number of carbonyl (C=O) groups is 1. The topological polar surface area (TPSA) is 35.5 Å². The van der Waals surface area contributed by atoms with Crippen molar-refractivity contribution in [2.24, 2.45) is 0 Å². The molecule has 1 aromatic carbocycles. The molecule has 1 aliphatic heterocycles. The Morgan fingerprint density at radius 1 is 1.62 bits per heavy atom.